The number of hydrogen-bond donors (Lipinski definition) is 3. The van der Waals surface area contributed by atoms with Gasteiger partial charge in [0, 0.05) is 19.6 Å². The third-order valence-electron chi connectivity index (χ3n) is 3.47. The van der Waals surface area contributed by atoms with E-state index in [1.807, 2.05) is 0 Å². The second kappa shape index (κ2) is 13.4. The van der Waals surface area contributed by atoms with Crippen LogP contribution in [-0.4, -0.2) is 61.1 Å². The van der Waals surface area contributed by atoms with Gasteiger partial charge in [0.1, 0.15) is 12.4 Å². The summed E-state index contributed by atoms with van der Waals surface area (Å²) in [5.74, 6) is 0.402. The molecule has 0 atom stereocenters. The van der Waals surface area contributed by atoms with Crippen molar-refractivity contribution in [3.63, 3.8) is 0 Å². The van der Waals surface area contributed by atoms with Crippen molar-refractivity contribution in [2.24, 2.45) is 5.73 Å². The Morgan fingerprint density at radius 1 is 0.966 bits per heavy atom. The maximum absolute atomic E-state index is 13.0. The first-order valence-corrected chi connectivity index (χ1v) is 9.28. The monoisotopic (exact) mass is 406 g/mol. The molecule has 0 aliphatic heterocycles. The second-order valence-corrected chi connectivity index (χ2v) is 5.79. The lowest BCUT2D eigenvalue weighted by Gasteiger charge is -2.11. The van der Waals surface area contributed by atoms with Gasteiger partial charge in [-0.15, -0.1) is 0 Å². The van der Waals surface area contributed by atoms with Gasteiger partial charge >= 0.3 is 6.01 Å². The maximum atomic E-state index is 13.0. The predicted molar refractivity (Wildman–Crippen MR) is 108 cm³/mol. The summed E-state index contributed by atoms with van der Waals surface area (Å²) in [5.41, 5.74) is 6.23. The molecule has 158 valence electrons. The van der Waals surface area contributed by atoms with Gasteiger partial charge in [0.15, 0.2) is 0 Å². The van der Waals surface area contributed by atoms with Crippen LogP contribution in [-0.2, 0) is 16.0 Å². The molecule has 2 rings (SSSR count). The summed E-state index contributed by atoms with van der Waals surface area (Å²) in [6.45, 7) is 7.26. The molecular weight excluding hydrogens is 379 g/mol. The van der Waals surface area contributed by atoms with Gasteiger partial charge in [-0.2, -0.15) is 15.0 Å². The fraction of sp³-hybridized carbons (Fsp3) is 0.421. The average Bonchev–Trinajstić information content (AvgIpc) is 2.74. The molecule has 0 saturated heterocycles. The minimum Gasteiger partial charge on any atom is -0.459 e. The summed E-state index contributed by atoms with van der Waals surface area (Å²) in [6, 6.07) is 6.34. The van der Waals surface area contributed by atoms with E-state index < -0.39 is 0 Å². The number of aromatic nitrogens is 3. The molecule has 1 aromatic carbocycles. The smallest absolute Gasteiger partial charge is 0.323 e. The highest BCUT2D eigenvalue weighted by atomic mass is 19.1. The first-order valence-electron chi connectivity index (χ1n) is 9.28. The Balaban J connectivity index is 1.86. The van der Waals surface area contributed by atoms with Crippen molar-refractivity contribution in [2.45, 2.75) is 6.54 Å². The molecule has 0 aliphatic carbocycles. The van der Waals surface area contributed by atoms with E-state index >= 15 is 0 Å². The molecule has 0 radical (unpaired) electrons. The van der Waals surface area contributed by atoms with Crippen LogP contribution in [0.25, 0.3) is 0 Å². The third-order valence-corrected chi connectivity index (χ3v) is 3.47. The van der Waals surface area contributed by atoms with Gasteiger partial charge in [-0.25, -0.2) is 4.39 Å². The highest BCUT2D eigenvalue weighted by molar-refractivity contribution is 5.36. The van der Waals surface area contributed by atoms with Crippen LogP contribution in [0.5, 0.6) is 6.01 Å². The number of rotatable bonds is 15. The standard InChI is InChI=1S/C19H27FN6O3/c1-2-9-29-19-25-17(22-8-11-28-13-12-27-10-7-21)24-18(26-19)23-14-15-3-5-16(20)6-4-15/h2-6H,1,7-14,21H2,(H2,22,23,24,25,26). The molecule has 10 heteroatoms. The molecule has 0 unspecified atom stereocenters. The van der Waals surface area contributed by atoms with Crippen LogP contribution >= 0.6 is 0 Å². The van der Waals surface area contributed by atoms with Gasteiger partial charge in [-0.05, 0) is 17.7 Å². The number of ether oxygens (including phenoxy) is 3. The van der Waals surface area contributed by atoms with E-state index in [0.29, 0.717) is 58.0 Å². The molecule has 0 saturated carbocycles. The predicted octanol–water partition coefficient (Wildman–Crippen LogP) is 1.59. The van der Waals surface area contributed by atoms with Crippen LogP contribution in [0.2, 0.25) is 0 Å². The van der Waals surface area contributed by atoms with Crippen molar-refractivity contribution in [1.29, 1.82) is 0 Å². The van der Waals surface area contributed by atoms with Gasteiger partial charge in [0.05, 0.1) is 26.4 Å². The Labute approximate surface area is 169 Å². The fourth-order valence-corrected chi connectivity index (χ4v) is 2.14. The average molecular weight is 406 g/mol. The summed E-state index contributed by atoms with van der Waals surface area (Å²) in [5, 5.41) is 6.15. The molecule has 9 nitrogen and oxygen atoms in total. The Hall–Kier alpha value is -2.82. The van der Waals surface area contributed by atoms with Crippen LogP contribution in [0.3, 0.4) is 0 Å². The first-order chi connectivity index (χ1) is 14.2. The molecular formula is C19H27FN6O3. The van der Waals surface area contributed by atoms with E-state index in [4.69, 9.17) is 19.9 Å². The lowest BCUT2D eigenvalue weighted by molar-refractivity contribution is 0.0547. The number of nitrogens with one attached hydrogen (secondary N) is 2. The van der Waals surface area contributed by atoms with Crippen LogP contribution in [0.4, 0.5) is 16.3 Å². The lowest BCUT2D eigenvalue weighted by Crippen LogP contribution is -2.16. The highest BCUT2D eigenvalue weighted by Crippen LogP contribution is 2.13. The van der Waals surface area contributed by atoms with E-state index in [2.05, 4.69) is 32.2 Å². The molecule has 1 aromatic heterocycles. The van der Waals surface area contributed by atoms with Crippen molar-refractivity contribution in [1.82, 2.24) is 15.0 Å². The second-order valence-electron chi connectivity index (χ2n) is 5.79. The molecule has 0 bridgehead atoms. The molecule has 0 spiro atoms. The number of nitrogens with zero attached hydrogens (tertiary/aromatic N) is 3. The van der Waals surface area contributed by atoms with Crippen LogP contribution in [0.1, 0.15) is 5.56 Å². The SMILES string of the molecule is C=CCOc1nc(NCCOCCOCCN)nc(NCc2ccc(F)cc2)n1. The van der Waals surface area contributed by atoms with Gasteiger partial charge < -0.3 is 30.6 Å². The van der Waals surface area contributed by atoms with Crippen molar-refractivity contribution >= 4 is 11.9 Å². The van der Waals surface area contributed by atoms with Gasteiger partial charge in [-0.1, -0.05) is 24.8 Å². The van der Waals surface area contributed by atoms with E-state index in [9.17, 15) is 4.39 Å². The summed E-state index contributed by atoms with van der Waals surface area (Å²) in [6.07, 6.45) is 1.60. The normalized spacial score (nSPS) is 10.6. The van der Waals surface area contributed by atoms with Crippen LogP contribution < -0.4 is 21.1 Å². The molecule has 0 fully saturated rings. The topological polar surface area (TPSA) is 116 Å². The number of benzene rings is 1. The first kappa shape index (κ1) is 22.5. The molecule has 0 aliphatic rings. The zero-order valence-electron chi connectivity index (χ0n) is 16.3. The molecule has 4 N–H and O–H groups in total. The highest BCUT2D eigenvalue weighted by Gasteiger charge is 2.07. The Morgan fingerprint density at radius 2 is 1.66 bits per heavy atom. The van der Waals surface area contributed by atoms with Crippen molar-refractivity contribution in [2.75, 3.05) is 56.8 Å². The maximum Gasteiger partial charge on any atom is 0.323 e. The van der Waals surface area contributed by atoms with E-state index in [-0.39, 0.29) is 18.4 Å². The molecule has 1 heterocycles. The number of hydrogen-bond acceptors (Lipinski definition) is 9. The van der Waals surface area contributed by atoms with Crippen molar-refractivity contribution in [3.8, 4) is 6.01 Å². The minimum absolute atomic E-state index is 0.167. The lowest BCUT2D eigenvalue weighted by atomic mass is 10.2. The number of halogens is 1. The van der Waals surface area contributed by atoms with Crippen LogP contribution in [0, 0.1) is 5.82 Å². The number of nitrogens with two attached hydrogens (primary N) is 1. The largest absolute Gasteiger partial charge is 0.459 e. The van der Waals surface area contributed by atoms with Gasteiger partial charge in [0.25, 0.3) is 0 Å². The fourth-order valence-electron chi connectivity index (χ4n) is 2.14. The Morgan fingerprint density at radius 3 is 2.34 bits per heavy atom. The number of anilines is 2. The van der Waals surface area contributed by atoms with Crippen molar-refractivity contribution < 1.29 is 18.6 Å². The Bertz CT molecular complexity index is 732. The Kier molecular flexibility index (Phi) is 10.4. The van der Waals surface area contributed by atoms with E-state index in [0.717, 1.165) is 5.56 Å². The van der Waals surface area contributed by atoms with Gasteiger partial charge in [-0.3, -0.25) is 0 Å². The van der Waals surface area contributed by atoms with Gasteiger partial charge in [0.2, 0.25) is 11.9 Å². The zero-order chi connectivity index (χ0) is 20.7. The summed E-state index contributed by atoms with van der Waals surface area (Å²) in [4.78, 5) is 12.7. The zero-order valence-corrected chi connectivity index (χ0v) is 16.3. The summed E-state index contributed by atoms with van der Waals surface area (Å²) >= 11 is 0. The van der Waals surface area contributed by atoms with E-state index in [1.165, 1.54) is 12.1 Å². The summed E-state index contributed by atoms with van der Waals surface area (Å²) < 4.78 is 29.1. The van der Waals surface area contributed by atoms with E-state index in [1.54, 1.807) is 18.2 Å². The minimum atomic E-state index is -0.284. The van der Waals surface area contributed by atoms with Crippen LogP contribution in [0.15, 0.2) is 36.9 Å². The van der Waals surface area contributed by atoms with Crippen molar-refractivity contribution in [3.05, 3.63) is 48.3 Å². The third kappa shape index (κ3) is 9.28. The molecule has 0 amide bonds. The quantitative estimate of drug-likeness (QED) is 0.299. The summed E-state index contributed by atoms with van der Waals surface area (Å²) in [7, 11) is 0. The molecule has 2 aromatic rings. The molecule has 29 heavy (non-hydrogen) atoms.